The van der Waals surface area contributed by atoms with Crippen molar-refractivity contribution in [2.45, 2.75) is 25.0 Å². The van der Waals surface area contributed by atoms with Gasteiger partial charge in [-0.2, -0.15) is 0 Å². The standard InChI is InChI=1S/C19H23NO/c21-19(9-20-8-10-4-2-1-3-5-10)17-12-7-13-15-11(12)6-14(17)16(15)18(13)19/h1-5,11-18,20-21H,6-9H2/t11-,12+,13+,14-,15-,16+,17+,18-,19+/m0/s1. The van der Waals surface area contributed by atoms with Crippen LogP contribution in [0, 0.1) is 47.3 Å². The number of nitrogens with one attached hydrogen (secondary N) is 1. The van der Waals surface area contributed by atoms with Gasteiger partial charge in [0.2, 0.25) is 0 Å². The smallest absolute Gasteiger partial charge is 0.0838 e. The van der Waals surface area contributed by atoms with Gasteiger partial charge >= 0.3 is 0 Å². The van der Waals surface area contributed by atoms with Gasteiger partial charge in [0.25, 0.3) is 0 Å². The molecule has 0 radical (unpaired) electrons. The Hall–Kier alpha value is -0.860. The third-order valence-corrected chi connectivity index (χ3v) is 8.10. The molecule has 21 heavy (non-hydrogen) atoms. The van der Waals surface area contributed by atoms with Crippen LogP contribution in [-0.4, -0.2) is 17.3 Å². The maximum absolute atomic E-state index is 11.5. The van der Waals surface area contributed by atoms with E-state index in [-0.39, 0.29) is 5.60 Å². The highest BCUT2D eigenvalue weighted by atomic mass is 16.3. The predicted molar refractivity (Wildman–Crippen MR) is 80.3 cm³/mol. The molecule has 2 nitrogen and oxygen atoms in total. The molecule has 2 heteroatoms. The van der Waals surface area contributed by atoms with Crippen LogP contribution >= 0.6 is 0 Å². The van der Waals surface area contributed by atoms with Crippen LogP contribution in [0.5, 0.6) is 0 Å². The summed E-state index contributed by atoms with van der Waals surface area (Å²) in [6, 6.07) is 10.6. The molecule has 5 saturated carbocycles. The van der Waals surface area contributed by atoms with Crippen molar-refractivity contribution in [2.75, 3.05) is 6.54 Å². The molecule has 2 bridgehead atoms. The lowest BCUT2D eigenvalue weighted by Crippen LogP contribution is -2.58. The summed E-state index contributed by atoms with van der Waals surface area (Å²) >= 11 is 0. The Morgan fingerprint density at radius 1 is 0.952 bits per heavy atom. The molecular formula is C19H23NO. The second kappa shape index (κ2) is 3.55. The fourth-order valence-corrected chi connectivity index (χ4v) is 7.96. The van der Waals surface area contributed by atoms with Crippen LogP contribution in [0.1, 0.15) is 18.4 Å². The normalized spacial score (nSPS) is 57.2. The second-order valence-corrected chi connectivity index (χ2v) is 8.41. The minimum Gasteiger partial charge on any atom is -0.388 e. The second-order valence-electron chi connectivity index (χ2n) is 8.41. The highest BCUT2D eigenvalue weighted by molar-refractivity contribution is 5.32. The summed E-state index contributed by atoms with van der Waals surface area (Å²) in [5, 5.41) is 15.1. The predicted octanol–water partition coefficient (Wildman–Crippen LogP) is 2.29. The average Bonchev–Trinajstić information content (AvgIpc) is 2.99. The zero-order valence-corrected chi connectivity index (χ0v) is 12.3. The molecule has 0 aromatic heterocycles. The van der Waals surface area contributed by atoms with Gasteiger partial charge in [-0.25, -0.2) is 0 Å². The van der Waals surface area contributed by atoms with E-state index in [0.717, 1.165) is 48.6 Å². The fourth-order valence-electron chi connectivity index (χ4n) is 7.96. The first kappa shape index (κ1) is 11.7. The molecule has 5 aliphatic carbocycles. The van der Waals surface area contributed by atoms with E-state index in [2.05, 4.69) is 35.6 Å². The quantitative estimate of drug-likeness (QED) is 0.887. The van der Waals surface area contributed by atoms with Gasteiger partial charge < -0.3 is 10.4 Å². The van der Waals surface area contributed by atoms with E-state index in [1.54, 1.807) is 0 Å². The molecule has 9 atom stereocenters. The number of hydrogen-bond donors (Lipinski definition) is 2. The third kappa shape index (κ3) is 1.14. The van der Waals surface area contributed by atoms with E-state index < -0.39 is 0 Å². The molecule has 1 aromatic carbocycles. The minimum atomic E-state index is -0.376. The summed E-state index contributed by atoms with van der Waals surface area (Å²) in [5.41, 5.74) is 0.947. The van der Waals surface area contributed by atoms with Crippen molar-refractivity contribution >= 4 is 0 Å². The molecule has 6 rings (SSSR count). The number of aliphatic hydroxyl groups is 1. The summed E-state index contributed by atoms with van der Waals surface area (Å²) in [7, 11) is 0. The van der Waals surface area contributed by atoms with Crippen molar-refractivity contribution in [3.8, 4) is 0 Å². The van der Waals surface area contributed by atoms with Gasteiger partial charge in [-0.05, 0) is 65.7 Å². The summed E-state index contributed by atoms with van der Waals surface area (Å²) < 4.78 is 0. The number of benzene rings is 1. The molecular weight excluding hydrogens is 258 g/mol. The molecule has 0 saturated heterocycles. The summed E-state index contributed by atoms with van der Waals surface area (Å²) in [5.74, 6) is 6.88. The lowest BCUT2D eigenvalue weighted by atomic mass is 9.56. The van der Waals surface area contributed by atoms with Crippen molar-refractivity contribution in [2.24, 2.45) is 47.3 Å². The highest BCUT2D eigenvalue weighted by Crippen LogP contribution is 2.85. The minimum absolute atomic E-state index is 0.376. The monoisotopic (exact) mass is 281 g/mol. The average molecular weight is 281 g/mol. The van der Waals surface area contributed by atoms with Crippen molar-refractivity contribution in [1.29, 1.82) is 0 Å². The number of rotatable bonds is 4. The Morgan fingerprint density at radius 2 is 1.71 bits per heavy atom. The summed E-state index contributed by atoms with van der Waals surface area (Å²) in [6.45, 7) is 1.71. The Balaban J connectivity index is 1.24. The largest absolute Gasteiger partial charge is 0.388 e. The van der Waals surface area contributed by atoms with Gasteiger partial charge in [0.1, 0.15) is 0 Å². The zero-order valence-electron chi connectivity index (χ0n) is 12.3. The van der Waals surface area contributed by atoms with Crippen LogP contribution in [0.15, 0.2) is 30.3 Å². The van der Waals surface area contributed by atoms with Gasteiger partial charge in [0.15, 0.2) is 0 Å². The van der Waals surface area contributed by atoms with Crippen molar-refractivity contribution in [3.63, 3.8) is 0 Å². The summed E-state index contributed by atoms with van der Waals surface area (Å²) in [6.07, 6.45) is 2.91. The van der Waals surface area contributed by atoms with E-state index in [4.69, 9.17) is 0 Å². The van der Waals surface area contributed by atoms with Crippen molar-refractivity contribution in [3.05, 3.63) is 35.9 Å². The number of hydrogen-bond acceptors (Lipinski definition) is 2. The van der Waals surface area contributed by atoms with Gasteiger partial charge in [0.05, 0.1) is 5.60 Å². The first-order valence-electron chi connectivity index (χ1n) is 8.76. The van der Waals surface area contributed by atoms with Crippen LogP contribution in [0.3, 0.4) is 0 Å². The maximum Gasteiger partial charge on any atom is 0.0838 e. The van der Waals surface area contributed by atoms with Crippen molar-refractivity contribution in [1.82, 2.24) is 5.32 Å². The van der Waals surface area contributed by atoms with E-state index in [1.165, 1.54) is 18.4 Å². The van der Waals surface area contributed by atoms with Gasteiger partial charge in [-0.15, -0.1) is 0 Å². The molecule has 0 spiro atoms. The topological polar surface area (TPSA) is 32.3 Å². The summed E-state index contributed by atoms with van der Waals surface area (Å²) in [4.78, 5) is 0. The lowest BCUT2D eigenvalue weighted by molar-refractivity contribution is -0.128. The first-order chi connectivity index (χ1) is 10.3. The fraction of sp³-hybridized carbons (Fsp3) is 0.684. The molecule has 0 heterocycles. The highest BCUT2D eigenvalue weighted by Gasteiger charge is 2.84. The lowest BCUT2D eigenvalue weighted by Gasteiger charge is -2.51. The Bertz CT molecular complexity index is 595. The van der Waals surface area contributed by atoms with Crippen molar-refractivity contribution < 1.29 is 5.11 Å². The van der Waals surface area contributed by atoms with E-state index in [9.17, 15) is 5.11 Å². The molecule has 2 N–H and O–H groups in total. The maximum atomic E-state index is 11.5. The van der Waals surface area contributed by atoms with E-state index >= 15 is 0 Å². The molecule has 5 fully saturated rings. The molecule has 1 aromatic rings. The molecule has 0 unspecified atom stereocenters. The molecule has 110 valence electrons. The molecule has 5 aliphatic rings. The van der Waals surface area contributed by atoms with Gasteiger partial charge in [-0.3, -0.25) is 0 Å². The third-order valence-electron chi connectivity index (χ3n) is 8.10. The number of fused-ring (bicyclic) bond motifs is 2. The molecule has 0 amide bonds. The molecule has 0 aliphatic heterocycles. The Morgan fingerprint density at radius 3 is 2.57 bits per heavy atom. The van der Waals surface area contributed by atoms with Crippen LogP contribution < -0.4 is 5.32 Å². The van der Waals surface area contributed by atoms with E-state index in [1.807, 2.05) is 0 Å². The van der Waals surface area contributed by atoms with Crippen LogP contribution in [0.4, 0.5) is 0 Å². The van der Waals surface area contributed by atoms with Crippen LogP contribution in [0.2, 0.25) is 0 Å². The Labute approximate surface area is 125 Å². The van der Waals surface area contributed by atoms with Crippen LogP contribution in [0.25, 0.3) is 0 Å². The zero-order chi connectivity index (χ0) is 13.8. The van der Waals surface area contributed by atoms with Gasteiger partial charge in [0, 0.05) is 13.1 Å². The SMILES string of the molecule is O[C@]1(CNCc2ccccc2)[C@@H]2[C@@H]3C[C@@H]4[C@@H]5[C@H]3C[C@H]2[C@H]5[C@H]41. The van der Waals surface area contributed by atoms with E-state index in [0.29, 0.717) is 11.8 Å². The first-order valence-corrected chi connectivity index (χ1v) is 8.76. The Kier molecular flexibility index (Phi) is 1.97. The van der Waals surface area contributed by atoms with Gasteiger partial charge in [-0.1, -0.05) is 30.3 Å². The van der Waals surface area contributed by atoms with Crippen LogP contribution in [-0.2, 0) is 6.54 Å².